The van der Waals surface area contributed by atoms with Crippen molar-refractivity contribution in [2.24, 2.45) is 5.10 Å². The highest BCUT2D eigenvalue weighted by atomic mass is 16.7. The summed E-state index contributed by atoms with van der Waals surface area (Å²) in [5.41, 5.74) is 8.15. The minimum Gasteiger partial charge on any atom is -0.497 e. The smallest absolute Gasteiger partial charge is 0.263 e. The molecule has 2 aliphatic carbocycles. The second kappa shape index (κ2) is 9.86. The Balaban J connectivity index is 1.39. The molecule has 0 saturated heterocycles. The van der Waals surface area contributed by atoms with Gasteiger partial charge in [0.1, 0.15) is 5.75 Å². The predicted molar refractivity (Wildman–Crippen MR) is 154 cm³/mol. The third-order valence-corrected chi connectivity index (χ3v) is 8.31. The fraction of sp³-hybridized carbons (Fsp3) is 0.281. The standard InChI is InChI=1S/C32H30N4O4/c1-38-24-10-7-9-23(17-24)36-30(37)28-29(25-11-4-3-8-22(25)18-32(28)14-5-2-6-15-32)34-31(36)35-33-19-21-12-13-26-27(16-21)40-20-39-26/h3-4,7-13,16-17,19H,2,5-6,14-15,18,20H2,1H3,(H,34,35). The number of benzene rings is 3. The Kier molecular flexibility index (Phi) is 6.03. The zero-order valence-corrected chi connectivity index (χ0v) is 22.4. The van der Waals surface area contributed by atoms with Gasteiger partial charge in [0, 0.05) is 17.0 Å². The number of anilines is 1. The van der Waals surface area contributed by atoms with E-state index >= 15 is 0 Å². The van der Waals surface area contributed by atoms with E-state index in [-0.39, 0.29) is 17.8 Å². The zero-order chi connectivity index (χ0) is 27.1. The van der Waals surface area contributed by atoms with E-state index < -0.39 is 0 Å². The topological polar surface area (TPSA) is 87.0 Å². The van der Waals surface area contributed by atoms with E-state index in [0.29, 0.717) is 28.9 Å². The first-order valence-electron chi connectivity index (χ1n) is 13.7. The Hall–Kier alpha value is -4.59. The van der Waals surface area contributed by atoms with Gasteiger partial charge in [-0.1, -0.05) is 49.6 Å². The van der Waals surface area contributed by atoms with Gasteiger partial charge in [-0.3, -0.25) is 4.79 Å². The fourth-order valence-corrected chi connectivity index (χ4v) is 6.43. The maximum atomic E-state index is 14.6. The molecule has 40 heavy (non-hydrogen) atoms. The third-order valence-electron chi connectivity index (χ3n) is 8.31. The van der Waals surface area contributed by atoms with Crippen molar-refractivity contribution in [2.45, 2.75) is 43.9 Å². The lowest BCUT2D eigenvalue weighted by molar-refractivity contribution is 0.174. The largest absolute Gasteiger partial charge is 0.497 e. The summed E-state index contributed by atoms with van der Waals surface area (Å²) in [5, 5.41) is 4.49. The Morgan fingerprint density at radius 3 is 2.73 bits per heavy atom. The molecule has 0 atom stereocenters. The molecule has 7 rings (SSSR count). The molecule has 0 radical (unpaired) electrons. The average molecular weight is 535 g/mol. The van der Waals surface area contributed by atoms with Gasteiger partial charge in [0.15, 0.2) is 11.5 Å². The van der Waals surface area contributed by atoms with E-state index in [4.69, 9.17) is 19.2 Å². The van der Waals surface area contributed by atoms with Crippen LogP contribution >= 0.6 is 0 Å². The molecule has 1 fully saturated rings. The van der Waals surface area contributed by atoms with E-state index in [9.17, 15) is 4.79 Å². The van der Waals surface area contributed by atoms with Crippen LogP contribution in [0.5, 0.6) is 17.2 Å². The van der Waals surface area contributed by atoms with Crippen molar-refractivity contribution in [3.8, 4) is 34.2 Å². The molecule has 202 valence electrons. The summed E-state index contributed by atoms with van der Waals surface area (Å²) in [4.78, 5) is 19.8. The molecule has 8 nitrogen and oxygen atoms in total. The number of hydrazone groups is 1. The van der Waals surface area contributed by atoms with Crippen molar-refractivity contribution < 1.29 is 14.2 Å². The highest BCUT2D eigenvalue weighted by Gasteiger charge is 2.43. The van der Waals surface area contributed by atoms with Crippen LogP contribution in [-0.4, -0.2) is 29.7 Å². The summed E-state index contributed by atoms with van der Waals surface area (Å²) in [6.07, 6.45) is 7.93. The van der Waals surface area contributed by atoms with Crippen molar-refractivity contribution in [3.05, 3.63) is 93.8 Å². The van der Waals surface area contributed by atoms with Crippen LogP contribution in [0.2, 0.25) is 0 Å². The molecule has 1 spiro atoms. The number of nitrogens with one attached hydrogen (secondary N) is 1. The van der Waals surface area contributed by atoms with Crippen molar-refractivity contribution in [3.63, 3.8) is 0 Å². The van der Waals surface area contributed by atoms with Gasteiger partial charge in [0.25, 0.3) is 5.56 Å². The number of nitrogens with zero attached hydrogens (tertiary/aromatic N) is 3. The van der Waals surface area contributed by atoms with Crippen LogP contribution in [0.1, 0.15) is 48.8 Å². The minimum absolute atomic E-state index is 0.0598. The molecule has 8 heteroatoms. The van der Waals surface area contributed by atoms with E-state index in [2.05, 4.69) is 28.7 Å². The number of hydrogen-bond donors (Lipinski definition) is 1. The molecule has 0 amide bonds. The number of fused-ring (bicyclic) bond motifs is 5. The van der Waals surface area contributed by atoms with Gasteiger partial charge in [0.2, 0.25) is 12.7 Å². The molecule has 4 aromatic rings. The molecule has 0 unspecified atom stereocenters. The number of ether oxygens (including phenoxy) is 3. The summed E-state index contributed by atoms with van der Waals surface area (Å²) in [6, 6.07) is 21.5. The van der Waals surface area contributed by atoms with Gasteiger partial charge in [0.05, 0.1) is 30.3 Å². The quantitative estimate of drug-likeness (QED) is 0.256. The van der Waals surface area contributed by atoms with E-state index in [1.807, 2.05) is 48.5 Å². The van der Waals surface area contributed by atoms with Crippen molar-refractivity contribution in [2.75, 3.05) is 19.3 Å². The van der Waals surface area contributed by atoms with Crippen LogP contribution in [0.15, 0.2) is 76.6 Å². The van der Waals surface area contributed by atoms with Crippen LogP contribution in [0, 0.1) is 0 Å². The Morgan fingerprint density at radius 2 is 1.85 bits per heavy atom. The maximum absolute atomic E-state index is 14.6. The first kappa shape index (κ1) is 24.5. The van der Waals surface area contributed by atoms with Crippen LogP contribution in [0.3, 0.4) is 0 Å². The predicted octanol–water partition coefficient (Wildman–Crippen LogP) is 5.84. The Morgan fingerprint density at radius 1 is 1.00 bits per heavy atom. The summed E-state index contributed by atoms with van der Waals surface area (Å²) >= 11 is 0. The van der Waals surface area contributed by atoms with Crippen LogP contribution in [-0.2, 0) is 11.8 Å². The second-order valence-corrected chi connectivity index (χ2v) is 10.7. The zero-order valence-electron chi connectivity index (χ0n) is 22.4. The van der Waals surface area contributed by atoms with Crippen molar-refractivity contribution >= 4 is 12.2 Å². The lowest BCUT2D eigenvalue weighted by Crippen LogP contribution is -2.42. The molecule has 1 N–H and O–H groups in total. The van der Waals surface area contributed by atoms with Crippen LogP contribution < -0.4 is 25.2 Å². The summed E-state index contributed by atoms with van der Waals surface area (Å²) in [7, 11) is 1.62. The van der Waals surface area contributed by atoms with Gasteiger partial charge in [-0.15, -0.1) is 0 Å². The Bertz CT molecular complexity index is 1690. The molecule has 0 bridgehead atoms. The summed E-state index contributed by atoms with van der Waals surface area (Å²) in [5.74, 6) is 2.40. The second-order valence-electron chi connectivity index (χ2n) is 10.7. The fourth-order valence-electron chi connectivity index (χ4n) is 6.43. The minimum atomic E-state index is -0.221. The molecular formula is C32H30N4O4. The first-order valence-corrected chi connectivity index (χ1v) is 13.7. The molecule has 2 heterocycles. The van der Waals surface area contributed by atoms with E-state index in [1.54, 1.807) is 17.9 Å². The number of rotatable bonds is 5. The third kappa shape index (κ3) is 4.11. The SMILES string of the molecule is COc1cccc(-n2c(NN=Cc3ccc4c(c3)OCO4)nc3c(c2=O)C2(CCCCC2)Cc2ccccc2-3)c1. The summed E-state index contributed by atoms with van der Waals surface area (Å²) < 4.78 is 18.0. The van der Waals surface area contributed by atoms with Gasteiger partial charge < -0.3 is 14.2 Å². The average Bonchev–Trinajstić information content (AvgIpc) is 3.46. The highest BCUT2D eigenvalue weighted by Crippen LogP contribution is 2.49. The highest BCUT2D eigenvalue weighted by molar-refractivity contribution is 5.81. The molecule has 1 saturated carbocycles. The molecule has 3 aromatic carbocycles. The normalized spacial score (nSPS) is 16.5. The van der Waals surface area contributed by atoms with Crippen molar-refractivity contribution in [1.29, 1.82) is 0 Å². The van der Waals surface area contributed by atoms with E-state index in [0.717, 1.165) is 54.5 Å². The monoisotopic (exact) mass is 534 g/mol. The van der Waals surface area contributed by atoms with Gasteiger partial charge in [-0.2, -0.15) is 5.10 Å². The van der Waals surface area contributed by atoms with Crippen LogP contribution in [0.4, 0.5) is 5.95 Å². The lowest BCUT2D eigenvalue weighted by atomic mass is 9.62. The number of aromatic nitrogens is 2. The number of hydrogen-bond acceptors (Lipinski definition) is 7. The van der Waals surface area contributed by atoms with Gasteiger partial charge in [-0.25, -0.2) is 15.0 Å². The first-order chi connectivity index (χ1) is 19.6. The summed E-state index contributed by atoms with van der Waals surface area (Å²) in [6.45, 7) is 0.211. The van der Waals surface area contributed by atoms with Crippen molar-refractivity contribution in [1.82, 2.24) is 9.55 Å². The Labute approximate surface area is 232 Å². The molecule has 1 aromatic heterocycles. The van der Waals surface area contributed by atoms with Gasteiger partial charge >= 0.3 is 0 Å². The van der Waals surface area contributed by atoms with E-state index in [1.165, 1.54) is 12.0 Å². The molecular weight excluding hydrogens is 504 g/mol. The molecule has 1 aliphatic heterocycles. The maximum Gasteiger partial charge on any atom is 0.263 e. The molecule has 3 aliphatic rings. The van der Waals surface area contributed by atoms with Gasteiger partial charge in [-0.05, 0) is 60.7 Å². The lowest BCUT2D eigenvalue weighted by Gasteiger charge is -2.42. The number of methoxy groups -OCH3 is 1. The van der Waals surface area contributed by atoms with Crippen LogP contribution in [0.25, 0.3) is 16.9 Å².